The number of sulfonamides is 1. The first-order chi connectivity index (χ1) is 14.7. The summed E-state index contributed by atoms with van der Waals surface area (Å²) in [6.45, 7) is 3.10. The predicted octanol–water partition coefficient (Wildman–Crippen LogP) is 2.80. The minimum atomic E-state index is -3.60. The van der Waals surface area contributed by atoms with Crippen LogP contribution in [0.3, 0.4) is 0 Å². The molecule has 1 aliphatic heterocycles. The molecule has 0 bridgehead atoms. The molecule has 1 heterocycles. The van der Waals surface area contributed by atoms with Crippen LogP contribution in [0.15, 0.2) is 47.4 Å². The third-order valence-corrected chi connectivity index (χ3v) is 7.36. The molecule has 0 aliphatic carbocycles. The van der Waals surface area contributed by atoms with Gasteiger partial charge in [0, 0.05) is 44.9 Å². The van der Waals surface area contributed by atoms with E-state index < -0.39 is 10.0 Å². The van der Waals surface area contributed by atoms with Gasteiger partial charge < -0.3 is 10.2 Å². The van der Waals surface area contributed by atoms with Gasteiger partial charge in [-0.3, -0.25) is 9.59 Å². The zero-order chi connectivity index (χ0) is 22.6. The van der Waals surface area contributed by atoms with Crippen LogP contribution in [-0.2, 0) is 16.6 Å². The molecule has 31 heavy (non-hydrogen) atoms. The minimum Gasteiger partial charge on any atom is -0.348 e. The normalized spacial score (nSPS) is 14.8. The molecule has 0 aromatic heterocycles. The molecular weight excluding hydrogens is 414 g/mol. The van der Waals surface area contributed by atoms with E-state index in [0.717, 1.165) is 24.8 Å². The third kappa shape index (κ3) is 5.32. The first-order valence-electron chi connectivity index (χ1n) is 10.4. The van der Waals surface area contributed by atoms with Crippen molar-refractivity contribution >= 4 is 21.8 Å². The van der Waals surface area contributed by atoms with Gasteiger partial charge >= 0.3 is 0 Å². The average molecular weight is 444 g/mol. The standard InChI is InChI=1S/C23H29N3O4S/c1-17-7-12-20(31(29,30)26-13-5-4-6-14-26)15-21(17)22(27)24-16-18-8-10-19(11-9-18)23(28)25(2)3/h7-12,15H,4-6,13-14,16H2,1-3H3,(H,24,27). The lowest BCUT2D eigenvalue weighted by Crippen LogP contribution is -2.35. The van der Waals surface area contributed by atoms with Crippen molar-refractivity contribution in [2.75, 3.05) is 27.2 Å². The molecule has 166 valence electrons. The van der Waals surface area contributed by atoms with Crippen LogP contribution < -0.4 is 5.32 Å². The molecule has 2 aromatic rings. The van der Waals surface area contributed by atoms with Crippen molar-refractivity contribution in [2.45, 2.75) is 37.6 Å². The monoisotopic (exact) mass is 443 g/mol. The van der Waals surface area contributed by atoms with Gasteiger partial charge in [0.2, 0.25) is 10.0 Å². The molecular formula is C23H29N3O4S. The van der Waals surface area contributed by atoms with Crippen molar-refractivity contribution in [3.63, 3.8) is 0 Å². The molecule has 0 unspecified atom stereocenters. The maximum absolute atomic E-state index is 13.0. The Kier molecular flexibility index (Phi) is 7.12. The van der Waals surface area contributed by atoms with Crippen molar-refractivity contribution in [1.29, 1.82) is 0 Å². The number of piperidine rings is 1. The minimum absolute atomic E-state index is 0.0852. The zero-order valence-electron chi connectivity index (χ0n) is 18.2. The summed E-state index contributed by atoms with van der Waals surface area (Å²) in [6.07, 6.45) is 2.76. The average Bonchev–Trinajstić information content (AvgIpc) is 2.78. The Hall–Kier alpha value is -2.71. The lowest BCUT2D eigenvalue weighted by atomic mass is 10.1. The molecule has 1 N–H and O–H groups in total. The van der Waals surface area contributed by atoms with Crippen LogP contribution in [-0.4, -0.2) is 56.6 Å². The molecule has 1 aliphatic rings. The van der Waals surface area contributed by atoms with Gasteiger partial charge in [0.1, 0.15) is 0 Å². The Morgan fingerprint density at radius 1 is 1.00 bits per heavy atom. The Balaban J connectivity index is 1.72. The van der Waals surface area contributed by atoms with E-state index in [0.29, 0.717) is 29.8 Å². The summed E-state index contributed by atoms with van der Waals surface area (Å²) in [4.78, 5) is 26.4. The highest BCUT2D eigenvalue weighted by molar-refractivity contribution is 7.89. The molecule has 8 heteroatoms. The predicted molar refractivity (Wildman–Crippen MR) is 119 cm³/mol. The van der Waals surface area contributed by atoms with E-state index in [2.05, 4.69) is 5.32 Å². The second-order valence-corrected chi connectivity index (χ2v) is 9.96. The number of aryl methyl sites for hydroxylation is 1. The molecule has 2 aromatic carbocycles. The Morgan fingerprint density at radius 2 is 1.65 bits per heavy atom. The van der Waals surface area contributed by atoms with Crippen molar-refractivity contribution < 1.29 is 18.0 Å². The number of carbonyl (C=O) groups excluding carboxylic acids is 2. The van der Waals surface area contributed by atoms with Crippen LogP contribution in [0.4, 0.5) is 0 Å². The Bertz CT molecular complexity index is 1060. The van der Waals surface area contributed by atoms with E-state index in [1.807, 2.05) is 0 Å². The quantitative estimate of drug-likeness (QED) is 0.744. The van der Waals surface area contributed by atoms with Crippen molar-refractivity contribution in [2.24, 2.45) is 0 Å². The zero-order valence-corrected chi connectivity index (χ0v) is 19.0. The number of nitrogens with one attached hydrogen (secondary N) is 1. The van der Waals surface area contributed by atoms with Gasteiger partial charge in [0.05, 0.1) is 4.90 Å². The molecule has 7 nitrogen and oxygen atoms in total. The van der Waals surface area contributed by atoms with Crippen molar-refractivity contribution in [3.8, 4) is 0 Å². The van der Waals surface area contributed by atoms with Gasteiger partial charge in [-0.25, -0.2) is 8.42 Å². The maximum Gasteiger partial charge on any atom is 0.253 e. The van der Waals surface area contributed by atoms with Gasteiger partial charge in [-0.05, 0) is 55.2 Å². The molecule has 1 fully saturated rings. The van der Waals surface area contributed by atoms with E-state index >= 15 is 0 Å². The van der Waals surface area contributed by atoms with Crippen LogP contribution in [0.25, 0.3) is 0 Å². The largest absolute Gasteiger partial charge is 0.348 e. The molecule has 1 saturated heterocycles. The summed E-state index contributed by atoms with van der Waals surface area (Å²) in [7, 11) is -0.219. The van der Waals surface area contributed by atoms with Gasteiger partial charge in [-0.2, -0.15) is 4.31 Å². The molecule has 0 radical (unpaired) electrons. The lowest BCUT2D eigenvalue weighted by molar-refractivity contribution is 0.0827. The molecule has 0 saturated carbocycles. The molecule has 0 atom stereocenters. The maximum atomic E-state index is 13.0. The number of benzene rings is 2. The van der Waals surface area contributed by atoms with Crippen LogP contribution in [0.2, 0.25) is 0 Å². The number of rotatable bonds is 6. The SMILES string of the molecule is Cc1ccc(S(=O)(=O)N2CCCCC2)cc1C(=O)NCc1ccc(C(=O)N(C)C)cc1. The highest BCUT2D eigenvalue weighted by Crippen LogP contribution is 2.23. The third-order valence-electron chi connectivity index (χ3n) is 5.47. The summed E-state index contributed by atoms with van der Waals surface area (Å²) in [6, 6.07) is 11.7. The fourth-order valence-corrected chi connectivity index (χ4v) is 5.11. The van der Waals surface area contributed by atoms with Gasteiger partial charge in [0.15, 0.2) is 0 Å². The van der Waals surface area contributed by atoms with Crippen LogP contribution >= 0.6 is 0 Å². The highest BCUT2D eigenvalue weighted by atomic mass is 32.2. The highest BCUT2D eigenvalue weighted by Gasteiger charge is 2.27. The smallest absolute Gasteiger partial charge is 0.253 e. The van der Waals surface area contributed by atoms with Crippen molar-refractivity contribution in [3.05, 3.63) is 64.7 Å². The summed E-state index contributed by atoms with van der Waals surface area (Å²) in [5, 5.41) is 2.84. The van der Waals surface area contributed by atoms with Gasteiger partial charge in [-0.15, -0.1) is 0 Å². The number of hydrogen-bond donors (Lipinski definition) is 1. The summed E-state index contributed by atoms with van der Waals surface area (Å²) >= 11 is 0. The topological polar surface area (TPSA) is 86.8 Å². The lowest BCUT2D eigenvalue weighted by Gasteiger charge is -2.26. The summed E-state index contributed by atoms with van der Waals surface area (Å²) in [5.74, 6) is -0.417. The van der Waals surface area contributed by atoms with Crippen LogP contribution in [0.5, 0.6) is 0 Å². The number of carbonyl (C=O) groups is 2. The van der Waals surface area contributed by atoms with Crippen LogP contribution in [0, 0.1) is 6.92 Å². The van der Waals surface area contributed by atoms with E-state index in [4.69, 9.17) is 0 Å². The second-order valence-electron chi connectivity index (χ2n) is 8.02. The molecule has 3 rings (SSSR count). The van der Waals surface area contributed by atoms with Gasteiger partial charge in [0.25, 0.3) is 11.8 Å². The first kappa shape index (κ1) is 23.0. The van der Waals surface area contributed by atoms with Gasteiger partial charge in [-0.1, -0.05) is 24.6 Å². The Morgan fingerprint density at radius 3 is 2.26 bits per heavy atom. The van der Waals surface area contributed by atoms with E-state index in [-0.39, 0.29) is 23.3 Å². The fraction of sp³-hybridized carbons (Fsp3) is 0.391. The van der Waals surface area contributed by atoms with E-state index in [1.54, 1.807) is 57.4 Å². The summed E-state index contributed by atoms with van der Waals surface area (Å²) < 4.78 is 27.4. The van der Waals surface area contributed by atoms with E-state index in [1.165, 1.54) is 15.3 Å². The fourth-order valence-electron chi connectivity index (χ4n) is 3.56. The number of hydrogen-bond acceptors (Lipinski definition) is 4. The number of amides is 2. The summed E-state index contributed by atoms with van der Waals surface area (Å²) in [5.41, 5.74) is 2.48. The molecule has 2 amide bonds. The van der Waals surface area contributed by atoms with E-state index in [9.17, 15) is 18.0 Å². The molecule has 0 spiro atoms. The number of nitrogens with zero attached hydrogens (tertiary/aromatic N) is 2. The van der Waals surface area contributed by atoms with Crippen molar-refractivity contribution in [1.82, 2.24) is 14.5 Å². The first-order valence-corrected chi connectivity index (χ1v) is 11.8. The second kappa shape index (κ2) is 9.62. The van der Waals surface area contributed by atoms with Crippen LogP contribution in [0.1, 0.15) is 51.1 Å². The Labute approximate surface area is 184 Å².